The smallest absolute Gasteiger partial charge is 0.229 e. The van der Waals surface area contributed by atoms with Crippen LogP contribution in [-0.2, 0) is 6.42 Å². The number of rotatable bonds is 10. The summed E-state index contributed by atoms with van der Waals surface area (Å²) in [5, 5.41) is 11.1. The van der Waals surface area contributed by atoms with E-state index in [1.54, 1.807) is 23.2 Å². The molecule has 0 radical (unpaired) electrons. The Morgan fingerprint density at radius 3 is 2.70 bits per heavy atom. The molecular formula is C28H28FN7O. The molecule has 0 saturated carbocycles. The summed E-state index contributed by atoms with van der Waals surface area (Å²) in [5.74, 6) is 2.32. The Kier molecular flexibility index (Phi) is 6.93. The van der Waals surface area contributed by atoms with E-state index in [4.69, 9.17) is 14.7 Å². The average Bonchev–Trinajstić information content (AvgIpc) is 3.53. The van der Waals surface area contributed by atoms with Gasteiger partial charge in [-0.25, -0.2) is 19.0 Å². The number of nitrogens with zero attached hydrogens (tertiary/aromatic N) is 5. The summed E-state index contributed by atoms with van der Waals surface area (Å²) >= 11 is 0. The van der Waals surface area contributed by atoms with Crippen LogP contribution in [0.25, 0.3) is 5.69 Å². The van der Waals surface area contributed by atoms with E-state index >= 15 is 0 Å². The van der Waals surface area contributed by atoms with Crippen LogP contribution in [0, 0.1) is 12.7 Å². The van der Waals surface area contributed by atoms with Crippen LogP contribution in [0.3, 0.4) is 0 Å². The summed E-state index contributed by atoms with van der Waals surface area (Å²) in [5.41, 5.74) is 4.56. The predicted molar refractivity (Wildman–Crippen MR) is 142 cm³/mol. The van der Waals surface area contributed by atoms with Crippen LogP contribution in [0.5, 0.6) is 5.75 Å². The maximum absolute atomic E-state index is 13.5. The number of hydrogen-bond acceptors (Lipinski definition) is 7. The highest BCUT2D eigenvalue weighted by Gasteiger charge is 2.29. The molecule has 0 saturated heterocycles. The first-order chi connectivity index (χ1) is 18.1. The van der Waals surface area contributed by atoms with Crippen molar-refractivity contribution in [1.29, 1.82) is 0 Å². The predicted octanol–water partition coefficient (Wildman–Crippen LogP) is 5.49. The molecule has 1 atom stereocenters. The number of hydrogen-bond donors (Lipinski definition) is 2. The molecule has 2 N–H and O–H groups in total. The number of aromatic nitrogens is 5. The van der Waals surface area contributed by atoms with Crippen LogP contribution in [0.4, 0.5) is 21.8 Å². The topological polar surface area (TPSA) is 89.8 Å². The fraction of sp³-hybridized carbons (Fsp3) is 0.214. The van der Waals surface area contributed by atoms with Gasteiger partial charge in [0.1, 0.15) is 41.8 Å². The van der Waals surface area contributed by atoms with Gasteiger partial charge in [0.05, 0.1) is 5.69 Å². The molecule has 8 nitrogen and oxygen atoms in total. The number of ether oxygens (including phenoxy) is 1. The van der Waals surface area contributed by atoms with Gasteiger partial charge in [-0.1, -0.05) is 30.9 Å². The molecule has 0 bridgehead atoms. The van der Waals surface area contributed by atoms with E-state index in [1.807, 2.05) is 37.3 Å². The third kappa shape index (κ3) is 5.20. The molecule has 1 aliphatic carbocycles. The van der Waals surface area contributed by atoms with Crippen molar-refractivity contribution in [2.75, 3.05) is 23.8 Å². The zero-order chi connectivity index (χ0) is 25.8. The molecule has 0 aliphatic heterocycles. The first-order valence-electron chi connectivity index (χ1n) is 12.1. The lowest BCUT2D eigenvalue weighted by atomic mass is 9.97. The highest BCUT2D eigenvalue weighted by Crippen LogP contribution is 2.40. The first kappa shape index (κ1) is 24.2. The molecule has 0 spiro atoms. The van der Waals surface area contributed by atoms with Gasteiger partial charge in [0, 0.05) is 29.8 Å². The van der Waals surface area contributed by atoms with Crippen molar-refractivity contribution in [3.05, 3.63) is 103 Å². The highest BCUT2D eigenvalue weighted by atomic mass is 19.1. The second kappa shape index (κ2) is 10.6. The molecule has 1 unspecified atom stereocenters. The zero-order valence-corrected chi connectivity index (χ0v) is 20.6. The van der Waals surface area contributed by atoms with Crippen molar-refractivity contribution in [3.8, 4) is 11.4 Å². The summed E-state index contributed by atoms with van der Waals surface area (Å²) < 4.78 is 21.1. The lowest BCUT2D eigenvalue weighted by molar-refractivity contribution is 0.361. The lowest BCUT2D eigenvalue weighted by Gasteiger charge is -2.16. The van der Waals surface area contributed by atoms with Crippen LogP contribution < -0.4 is 15.4 Å². The van der Waals surface area contributed by atoms with Crippen molar-refractivity contribution in [2.45, 2.75) is 25.7 Å². The van der Waals surface area contributed by atoms with Crippen molar-refractivity contribution < 1.29 is 9.13 Å². The van der Waals surface area contributed by atoms with Gasteiger partial charge in [0.25, 0.3) is 0 Å². The third-order valence-corrected chi connectivity index (χ3v) is 6.16. The van der Waals surface area contributed by atoms with Crippen LogP contribution >= 0.6 is 0 Å². The third-order valence-electron chi connectivity index (χ3n) is 6.16. The summed E-state index contributed by atoms with van der Waals surface area (Å²) in [6.07, 6.45) is 6.85. The molecule has 0 amide bonds. The van der Waals surface area contributed by atoms with Crippen LogP contribution in [-0.4, -0.2) is 37.9 Å². The molecule has 37 heavy (non-hydrogen) atoms. The largest absolute Gasteiger partial charge is 0.487 e. The maximum atomic E-state index is 13.5. The monoisotopic (exact) mass is 497 g/mol. The van der Waals surface area contributed by atoms with Gasteiger partial charge < -0.3 is 15.4 Å². The van der Waals surface area contributed by atoms with Gasteiger partial charge in [-0.3, -0.25) is 0 Å². The fourth-order valence-corrected chi connectivity index (χ4v) is 4.49. The minimum absolute atomic E-state index is 0.0628. The Bertz CT molecular complexity index is 1430. The highest BCUT2D eigenvalue weighted by molar-refractivity contribution is 5.64. The Labute approximate surface area is 215 Å². The van der Waals surface area contributed by atoms with E-state index in [9.17, 15) is 4.39 Å². The first-order valence-corrected chi connectivity index (χ1v) is 12.1. The van der Waals surface area contributed by atoms with E-state index in [2.05, 4.69) is 33.9 Å². The molecule has 9 heteroatoms. The molecule has 0 fully saturated rings. The van der Waals surface area contributed by atoms with E-state index in [-0.39, 0.29) is 11.7 Å². The number of nitrogens with one attached hydrogen (secondary N) is 2. The summed E-state index contributed by atoms with van der Waals surface area (Å²) in [6.45, 7) is 10.3. The molecule has 5 rings (SSSR count). The van der Waals surface area contributed by atoms with Crippen molar-refractivity contribution >= 4 is 17.5 Å². The van der Waals surface area contributed by atoms with Gasteiger partial charge >= 0.3 is 0 Å². The Morgan fingerprint density at radius 2 is 1.97 bits per heavy atom. The Morgan fingerprint density at radius 1 is 1.14 bits per heavy atom. The molecule has 2 aromatic carbocycles. The minimum atomic E-state index is -0.251. The standard InChI is InChI=1S/C28H28FN7O/c1-4-14-30-27-23-12-11-22(19-6-8-20(29)9-7-19)26(23)33-28(34-27)32-21-10-13-24(25(16-21)37-15-5-2)36-17-31-18(3)35-36/h4-10,13,16-17,22H,1-2,11-12,14-15H2,3H3,(H2,30,32,33,34). The maximum Gasteiger partial charge on any atom is 0.229 e. The minimum Gasteiger partial charge on any atom is -0.487 e. The number of fused-ring (bicyclic) bond motifs is 1. The SMILES string of the molecule is C=CCNc1nc(Nc2ccc(-n3cnc(C)n3)c(OCC=C)c2)nc2c1CCC2c1ccc(F)cc1. The van der Waals surface area contributed by atoms with Gasteiger partial charge in [0.2, 0.25) is 5.95 Å². The molecular weight excluding hydrogens is 469 g/mol. The molecule has 188 valence electrons. The summed E-state index contributed by atoms with van der Waals surface area (Å²) in [7, 11) is 0. The Balaban J connectivity index is 1.50. The van der Waals surface area contributed by atoms with E-state index < -0.39 is 0 Å². The second-order valence-electron chi connectivity index (χ2n) is 8.72. The second-order valence-corrected chi connectivity index (χ2v) is 8.72. The normalized spacial score (nSPS) is 14.2. The van der Waals surface area contributed by atoms with Crippen molar-refractivity contribution in [1.82, 2.24) is 24.7 Å². The van der Waals surface area contributed by atoms with Crippen molar-refractivity contribution in [3.63, 3.8) is 0 Å². The molecule has 2 aromatic heterocycles. The number of halogens is 1. The molecule has 2 heterocycles. The van der Waals surface area contributed by atoms with Gasteiger partial charge in [-0.2, -0.15) is 10.1 Å². The van der Waals surface area contributed by atoms with E-state index in [1.165, 1.54) is 12.1 Å². The molecule has 1 aliphatic rings. The van der Waals surface area contributed by atoms with Crippen molar-refractivity contribution in [2.24, 2.45) is 0 Å². The lowest BCUT2D eigenvalue weighted by Crippen LogP contribution is -2.10. The Hall–Kier alpha value is -4.53. The summed E-state index contributed by atoms with van der Waals surface area (Å²) in [6, 6.07) is 12.3. The van der Waals surface area contributed by atoms with Crippen LogP contribution in [0.15, 0.2) is 74.1 Å². The molecule has 4 aromatic rings. The number of anilines is 3. The van der Waals surface area contributed by atoms with E-state index in [0.29, 0.717) is 30.7 Å². The van der Waals surface area contributed by atoms with Gasteiger partial charge in [0.15, 0.2) is 0 Å². The average molecular weight is 498 g/mol. The van der Waals surface area contributed by atoms with E-state index in [0.717, 1.165) is 46.9 Å². The van der Waals surface area contributed by atoms with Crippen LogP contribution in [0.2, 0.25) is 0 Å². The quantitative estimate of drug-likeness (QED) is 0.280. The van der Waals surface area contributed by atoms with Gasteiger partial charge in [-0.05, 0) is 49.6 Å². The number of benzene rings is 2. The fourth-order valence-electron chi connectivity index (χ4n) is 4.49. The zero-order valence-electron chi connectivity index (χ0n) is 20.6. The van der Waals surface area contributed by atoms with Crippen LogP contribution in [0.1, 0.15) is 35.0 Å². The number of aryl methyl sites for hydroxylation is 1. The summed E-state index contributed by atoms with van der Waals surface area (Å²) in [4.78, 5) is 13.9. The van der Waals surface area contributed by atoms with Gasteiger partial charge in [-0.15, -0.1) is 6.58 Å².